The van der Waals surface area contributed by atoms with Gasteiger partial charge in [0.15, 0.2) is 0 Å². The summed E-state index contributed by atoms with van der Waals surface area (Å²) in [5, 5.41) is 2.91. The molecule has 0 bridgehead atoms. The molecule has 2 aromatic rings. The number of carbonyl (C=O) groups is 1. The predicted molar refractivity (Wildman–Crippen MR) is 95.4 cm³/mol. The Morgan fingerprint density at radius 1 is 1.09 bits per heavy atom. The van der Waals surface area contributed by atoms with Gasteiger partial charge in [0.25, 0.3) is 5.91 Å². The lowest BCUT2D eigenvalue weighted by Crippen LogP contribution is -2.28. The summed E-state index contributed by atoms with van der Waals surface area (Å²) in [7, 11) is 1.02. The number of para-hydroxylation sites is 1. The fraction of sp³-hybridized carbons (Fsp3) is 0.278. The van der Waals surface area contributed by atoms with Crippen molar-refractivity contribution in [2.45, 2.75) is 11.3 Å². The van der Waals surface area contributed by atoms with Crippen molar-refractivity contribution >= 4 is 22.4 Å². The lowest BCUT2D eigenvalue weighted by Gasteiger charge is -2.19. The minimum atomic E-state index is -1.02. The van der Waals surface area contributed by atoms with Crippen LogP contribution in [0.25, 0.3) is 0 Å². The maximum atomic E-state index is 12.0. The van der Waals surface area contributed by atoms with Crippen LogP contribution in [0.15, 0.2) is 59.5 Å². The van der Waals surface area contributed by atoms with E-state index in [4.69, 9.17) is 0 Å². The van der Waals surface area contributed by atoms with Gasteiger partial charge in [-0.1, -0.05) is 18.2 Å². The van der Waals surface area contributed by atoms with E-state index >= 15 is 0 Å². The number of hydrogen-bond acceptors (Lipinski definition) is 3. The highest BCUT2D eigenvalue weighted by Gasteiger charge is 2.06. The van der Waals surface area contributed by atoms with Crippen molar-refractivity contribution in [1.82, 2.24) is 5.32 Å². The Kier molecular flexibility index (Phi) is 6.35. The summed E-state index contributed by atoms with van der Waals surface area (Å²) in [6.45, 7) is 1.50. The molecule has 0 heterocycles. The van der Waals surface area contributed by atoms with Crippen LogP contribution in [-0.2, 0) is 10.8 Å². The van der Waals surface area contributed by atoms with Crippen molar-refractivity contribution in [1.29, 1.82) is 0 Å². The zero-order valence-electron chi connectivity index (χ0n) is 13.5. The number of carbonyl (C=O) groups excluding carboxylic acids is 1. The highest BCUT2D eigenvalue weighted by Crippen LogP contribution is 2.11. The molecule has 0 aliphatic heterocycles. The quantitative estimate of drug-likeness (QED) is 0.794. The highest BCUT2D eigenvalue weighted by molar-refractivity contribution is 7.84. The van der Waals surface area contributed by atoms with E-state index in [1.165, 1.54) is 5.69 Å². The van der Waals surface area contributed by atoms with E-state index in [1.54, 1.807) is 30.5 Å². The van der Waals surface area contributed by atoms with Gasteiger partial charge in [-0.3, -0.25) is 9.00 Å². The highest BCUT2D eigenvalue weighted by atomic mass is 32.2. The number of anilines is 1. The molecule has 4 nitrogen and oxygen atoms in total. The Hall–Kier alpha value is -2.14. The third kappa shape index (κ3) is 5.21. The molecule has 23 heavy (non-hydrogen) atoms. The minimum Gasteiger partial charge on any atom is -0.375 e. The predicted octanol–water partition coefficient (Wildman–Crippen LogP) is 2.68. The Bertz CT molecular complexity index is 656. The third-order valence-corrected chi connectivity index (χ3v) is 4.54. The normalized spacial score (nSPS) is 11.7. The molecule has 0 saturated heterocycles. The van der Waals surface area contributed by atoms with E-state index in [-0.39, 0.29) is 5.91 Å². The topological polar surface area (TPSA) is 49.4 Å². The van der Waals surface area contributed by atoms with Gasteiger partial charge in [-0.15, -0.1) is 0 Å². The molecule has 5 heteroatoms. The first kappa shape index (κ1) is 17.2. The first-order valence-electron chi connectivity index (χ1n) is 7.56. The Balaban J connectivity index is 1.75. The van der Waals surface area contributed by atoms with Gasteiger partial charge >= 0.3 is 0 Å². The van der Waals surface area contributed by atoms with E-state index in [9.17, 15) is 9.00 Å². The van der Waals surface area contributed by atoms with Gasteiger partial charge in [-0.25, -0.2) is 0 Å². The molecule has 0 aliphatic rings. The van der Waals surface area contributed by atoms with Crippen molar-refractivity contribution < 1.29 is 9.00 Å². The molecule has 0 aliphatic carbocycles. The number of rotatable bonds is 7. The van der Waals surface area contributed by atoms with Crippen LogP contribution in [0.4, 0.5) is 5.69 Å². The summed E-state index contributed by atoms with van der Waals surface area (Å²) >= 11 is 0. The molecular formula is C18H22N2O2S. The van der Waals surface area contributed by atoms with E-state index < -0.39 is 10.8 Å². The summed E-state index contributed by atoms with van der Waals surface area (Å²) in [6.07, 6.45) is 2.49. The van der Waals surface area contributed by atoms with Crippen LogP contribution in [0.2, 0.25) is 0 Å². The SMILES string of the molecule is CN(CCCNC(=O)c1ccc(S(C)=O)cc1)c1ccccc1. The van der Waals surface area contributed by atoms with Crippen LogP contribution in [-0.4, -0.2) is 36.5 Å². The summed E-state index contributed by atoms with van der Waals surface area (Å²) < 4.78 is 11.3. The average molecular weight is 330 g/mol. The van der Waals surface area contributed by atoms with Gasteiger partial charge in [-0.2, -0.15) is 0 Å². The molecule has 2 aromatic carbocycles. The maximum Gasteiger partial charge on any atom is 0.251 e. The first-order valence-corrected chi connectivity index (χ1v) is 9.11. The molecule has 1 N–H and O–H groups in total. The van der Waals surface area contributed by atoms with Crippen molar-refractivity contribution in [3.8, 4) is 0 Å². The first-order chi connectivity index (χ1) is 11.1. The summed E-state index contributed by atoms with van der Waals surface area (Å²) in [5.41, 5.74) is 1.76. The second kappa shape index (κ2) is 8.48. The van der Waals surface area contributed by atoms with Crippen LogP contribution in [0.1, 0.15) is 16.8 Å². The number of nitrogens with one attached hydrogen (secondary N) is 1. The molecule has 0 aromatic heterocycles. The Labute approximate surface area is 140 Å². The molecule has 0 saturated carbocycles. The molecule has 1 unspecified atom stereocenters. The zero-order valence-corrected chi connectivity index (χ0v) is 14.3. The van der Waals surface area contributed by atoms with Gasteiger partial charge in [0.1, 0.15) is 0 Å². The Morgan fingerprint density at radius 2 is 1.74 bits per heavy atom. The minimum absolute atomic E-state index is 0.0965. The molecule has 0 fully saturated rings. The van der Waals surface area contributed by atoms with E-state index in [0.29, 0.717) is 12.1 Å². The van der Waals surface area contributed by atoms with Crippen LogP contribution in [0.3, 0.4) is 0 Å². The number of amides is 1. The van der Waals surface area contributed by atoms with Crippen molar-refractivity contribution in [2.75, 3.05) is 31.3 Å². The standard InChI is InChI=1S/C18H22N2O2S/c1-20(16-7-4-3-5-8-16)14-6-13-19-18(21)15-9-11-17(12-10-15)23(2)22/h3-5,7-12H,6,13-14H2,1-2H3,(H,19,21). The number of hydrogen-bond donors (Lipinski definition) is 1. The smallest absolute Gasteiger partial charge is 0.251 e. The van der Waals surface area contributed by atoms with E-state index in [2.05, 4.69) is 22.3 Å². The average Bonchev–Trinajstić information content (AvgIpc) is 2.59. The van der Waals surface area contributed by atoms with E-state index in [1.807, 2.05) is 25.2 Å². The van der Waals surface area contributed by atoms with E-state index in [0.717, 1.165) is 17.9 Å². The second-order valence-corrected chi connectivity index (χ2v) is 6.72. The molecule has 0 spiro atoms. The van der Waals surface area contributed by atoms with Gasteiger partial charge < -0.3 is 10.2 Å². The fourth-order valence-electron chi connectivity index (χ4n) is 2.23. The maximum absolute atomic E-state index is 12.0. The van der Waals surface area contributed by atoms with Gasteiger partial charge in [0.2, 0.25) is 0 Å². The van der Waals surface area contributed by atoms with Crippen LogP contribution in [0.5, 0.6) is 0 Å². The lowest BCUT2D eigenvalue weighted by atomic mass is 10.2. The molecule has 1 amide bonds. The molecular weight excluding hydrogens is 308 g/mol. The monoisotopic (exact) mass is 330 g/mol. The second-order valence-electron chi connectivity index (χ2n) is 5.35. The molecule has 1 atom stereocenters. The van der Waals surface area contributed by atoms with Gasteiger partial charge in [-0.05, 0) is 42.8 Å². The fourth-order valence-corrected chi connectivity index (χ4v) is 2.75. The van der Waals surface area contributed by atoms with Crippen LogP contribution in [0, 0.1) is 0 Å². The van der Waals surface area contributed by atoms with Crippen molar-refractivity contribution in [3.63, 3.8) is 0 Å². The summed E-state index contributed by atoms with van der Waals surface area (Å²) in [5.74, 6) is -0.0965. The Morgan fingerprint density at radius 3 is 2.35 bits per heavy atom. The molecule has 0 radical (unpaired) electrons. The molecule has 122 valence electrons. The number of benzene rings is 2. The summed E-state index contributed by atoms with van der Waals surface area (Å²) in [4.78, 5) is 14.9. The van der Waals surface area contributed by atoms with Crippen molar-refractivity contribution in [3.05, 3.63) is 60.2 Å². The lowest BCUT2D eigenvalue weighted by molar-refractivity contribution is 0.0953. The summed E-state index contributed by atoms with van der Waals surface area (Å²) in [6, 6.07) is 17.0. The van der Waals surface area contributed by atoms with Crippen molar-refractivity contribution in [2.24, 2.45) is 0 Å². The van der Waals surface area contributed by atoms with Crippen LogP contribution >= 0.6 is 0 Å². The largest absolute Gasteiger partial charge is 0.375 e. The zero-order chi connectivity index (χ0) is 16.7. The van der Waals surface area contributed by atoms with Crippen LogP contribution < -0.4 is 10.2 Å². The van der Waals surface area contributed by atoms with Gasteiger partial charge in [0.05, 0.1) is 0 Å². The van der Waals surface area contributed by atoms with Gasteiger partial charge in [0, 0.05) is 53.3 Å². The molecule has 2 rings (SSSR count). The third-order valence-electron chi connectivity index (χ3n) is 3.60. The number of nitrogens with zero attached hydrogens (tertiary/aromatic N) is 1.